The van der Waals surface area contributed by atoms with Gasteiger partial charge in [-0.1, -0.05) is 54.2 Å². The summed E-state index contributed by atoms with van der Waals surface area (Å²) in [6.07, 6.45) is 0. The Balaban J connectivity index is 1.42. The second-order valence-electron chi connectivity index (χ2n) is 7.89. The number of thioether (sulfide) groups is 1. The van der Waals surface area contributed by atoms with Gasteiger partial charge >= 0.3 is 0 Å². The van der Waals surface area contributed by atoms with Gasteiger partial charge in [0.15, 0.2) is 5.82 Å². The van der Waals surface area contributed by atoms with E-state index in [1.807, 2.05) is 61.5 Å². The maximum Gasteiger partial charge on any atom is 0.240 e. The molecule has 2 heterocycles. The number of fused-ring (bicyclic) bond motifs is 1. The summed E-state index contributed by atoms with van der Waals surface area (Å²) in [4.78, 5) is 13.3. The number of benzene rings is 3. The summed E-state index contributed by atoms with van der Waals surface area (Å²) in [6, 6.07) is 22.7. The van der Waals surface area contributed by atoms with Gasteiger partial charge in [-0.15, -0.1) is 10.2 Å². The van der Waals surface area contributed by atoms with Crippen LogP contribution in [-0.2, 0) is 11.4 Å². The maximum absolute atomic E-state index is 13.6. The zero-order chi connectivity index (χ0) is 23.5. The summed E-state index contributed by atoms with van der Waals surface area (Å²) in [5.41, 5.74) is 5.89. The molecule has 0 aliphatic carbocycles. The van der Waals surface area contributed by atoms with Gasteiger partial charge in [0.1, 0.15) is 23.4 Å². The van der Waals surface area contributed by atoms with Crippen molar-refractivity contribution in [2.45, 2.75) is 30.0 Å². The number of carbonyl (C=O) groups is 1. The van der Waals surface area contributed by atoms with Crippen molar-refractivity contribution in [2.75, 3.05) is 10.7 Å². The topological polar surface area (TPSA) is 81.1 Å². The summed E-state index contributed by atoms with van der Waals surface area (Å²) in [6.45, 7) is 2.16. The number of anilines is 1. The molecule has 0 saturated heterocycles. The van der Waals surface area contributed by atoms with Gasteiger partial charge in [-0.25, -0.2) is 9.07 Å². The minimum absolute atomic E-state index is 0.186. The molecular weight excluding hydrogens is 453 g/mol. The lowest BCUT2D eigenvalue weighted by Gasteiger charge is -2.33. The van der Waals surface area contributed by atoms with Gasteiger partial charge in [-0.05, 0) is 54.4 Å². The Morgan fingerprint density at radius 2 is 1.88 bits per heavy atom. The van der Waals surface area contributed by atoms with Crippen molar-refractivity contribution in [3.63, 3.8) is 0 Å². The van der Waals surface area contributed by atoms with Crippen molar-refractivity contribution in [2.24, 2.45) is 0 Å². The SMILES string of the molecule is Cc1cccc(NC(=O)[C@@H]2Sc3nnc(COc4ccccc4)n3N[C@@H]2c2ccc(F)cc2)c1. The molecule has 3 aromatic carbocycles. The van der Waals surface area contributed by atoms with Crippen LogP contribution in [0.3, 0.4) is 0 Å². The highest BCUT2D eigenvalue weighted by atomic mass is 32.2. The molecule has 172 valence electrons. The lowest BCUT2D eigenvalue weighted by atomic mass is 10.0. The van der Waals surface area contributed by atoms with Gasteiger partial charge in [-0.3, -0.25) is 4.79 Å². The number of carbonyl (C=O) groups excluding carboxylic acids is 1. The number of aromatic nitrogens is 3. The molecule has 9 heteroatoms. The number of aryl methyl sites for hydroxylation is 1. The third-order valence-electron chi connectivity index (χ3n) is 5.39. The second-order valence-corrected chi connectivity index (χ2v) is 9.00. The van der Waals surface area contributed by atoms with Gasteiger partial charge in [0.25, 0.3) is 0 Å². The summed E-state index contributed by atoms with van der Waals surface area (Å²) >= 11 is 1.30. The van der Waals surface area contributed by atoms with E-state index in [-0.39, 0.29) is 18.3 Å². The Labute approximate surface area is 200 Å². The van der Waals surface area contributed by atoms with Crippen LogP contribution in [0, 0.1) is 12.7 Å². The first-order valence-corrected chi connectivity index (χ1v) is 11.6. The normalized spacial score (nSPS) is 16.9. The van der Waals surface area contributed by atoms with Crippen LogP contribution in [0.25, 0.3) is 0 Å². The Kier molecular flexibility index (Phi) is 6.18. The highest BCUT2D eigenvalue weighted by Gasteiger charge is 2.38. The number of hydrogen-bond donors (Lipinski definition) is 2. The van der Waals surface area contributed by atoms with Crippen molar-refractivity contribution < 1.29 is 13.9 Å². The molecule has 4 aromatic rings. The largest absolute Gasteiger partial charge is 0.486 e. The van der Waals surface area contributed by atoms with Crippen LogP contribution in [0.5, 0.6) is 5.75 Å². The molecule has 0 bridgehead atoms. The summed E-state index contributed by atoms with van der Waals surface area (Å²) in [7, 11) is 0. The minimum Gasteiger partial charge on any atom is -0.486 e. The molecule has 1 aromatic heterocycles. The van der Waals surface area contributed by atoms with E-state index in [0.717, 1.165) is 11.1 Å². The molecule has 7 nitrogen and oxygen atoms in total. The van der Waals surface area contributed by atoms with Crippen LogP contribution in [0.15, 0.2) is 84.0 Å². The van der Waals surface area contributed by atoms with E-state index in [2.05, 4.69) is 20.9 Å². The molecule has 1 aliphatic rings. The lowest BCUT2D eigenvalue weighted by Crippen LogP contribution is -2.41. The van der Waals surface area contributed by atoms with E-state index in [1.54, 1.807) is 16.8 Å². The van der Waals surface area contributed by atoms with Crippen LogP contribution in [-0.4, -0.2) is 26.0 Å². The number of halogens is 1. The highest BCUT2D eigenvalue weighted by Crippen LogP contribution is 2.37. The number of rotatable bonds is 6. The molecule has 0 radical (unpaired) electrons. The Hall–Kier alpha value is -3.85. The van der Waals surface area contributed by atoms with Crippen molar-refractivity contribution >= 4 is 23.4 Å². The van der Waals surface area contributed by atoms with Gasteiger partial charge in [0, 0.05) is 5.69 Å². The van der Waals surface area contributed by atoms with Crippen LogP contribution in [0.4, 0.5) is 10.1 Å². The first-order valence-electron chi connectivity index (χ1n) is 10.8. The fourth-order valence-corrected chi connectivity index (χ4v) is 4.81. The number of para-hydroxylation sites is 1. The van der Waals surface area contributed by atoms with Gasteiger partial charge in [0.2, 0.25) is 11.1 Å². The average molecular weight is 476 g/mol. The number of hydrogen-bond acceptors (Lipinski definition) is 6. The minimum atomic E-state index is -0.564. The second kappa shape index (κ2) is 9.56. The van der Waals surface area contributed by atoms with Crippen molar-refractivity contribution in [1.29, 1.82) is 0 Å². The van der Waals surface area contributed by atoms with Gasteiger partial charge < -0.3 is 15.5 Å². The number of amides is 1. The van der Waals surface area contributed by atoms with E-state index in [9.17, 15) is 9.18 Å². The molecule has 1 aliphatic heterocycles. The third-order valence-corrected chi connectivity index (χ3v) is 6.60. The standard InChI is InChI=1S/C25H22FN5O2S/c1-16-6-5-7-19(14-16)27-24(32)23-22(17-10-12-18(26)13-11-17)30-31-21(28-29-25(31)34-23)15-33-20-8-3-2-4-9-20/h2-14,22-23,30H,15H2,1H3,(H,27,32)/t22-,23-/m1/s1. The molecule has 0 unspecified atom stereocenters. The van der Waals surface area contributed by atoms with E-state index >= 15 is 0 Å². The monoisotopic (exact) mass is 475 g/mol. The predicted octanol–water partition coefficient (Wildman–Crippen LogP) is 4.70. The molecule has 0 spiro atoms. The Morgan fingerprint density at radius 1 is 1.09 bits per heavy atom. The number of nitrogens with zero attached hydrogens (tertiary/aromatic N) is 3. The number of nitrogens with one attached hydrogen (secondary N) is 2. The smallest absolute Gasteiger partial charge is 0.240 e. The van der Waals surface area contributed by atoms with E-state index in [1.165, 1.54) is 23.9 Å². The highest BCUT2D eigenvalue weighted by molar-refractivity contribution is 8.00. The van der Waals surface area contributed by atoms with Crippen LogP contribution in [0.2, 0.25) is 0 Å². The van der Waals surface area contributed by atoms with E-state index in [4.69, 9.17) is 4.74 Å². The Morgan fingerprint density at radius 3 is 2.65 bits per heavy atom. The predicted molar refractivity (Wildman–Crippen MR) is 129 cm³/mol. The summed E-state index contributed by atoms with van der Waals surface area (Å²) in [5.74, 6) is 0.758. The van der Waals surface area contributed by atoms with Crippen molar-refractivity contribution in [1.82, 2.24) is 14.9 Å². The van der Waals surface area contributed by atoms with Crippen LogP contribution >= 0.6 is 11.8 Å². The van der Waals surface area contributed by atoms with Crippen LogP contribution < -0.4 is 15.5 Å². The van der Waals surface area contributed by atoms with E-state index < -0.39 is 11.3 Å². The van der Waals surface area contributed by atoms with Gasteiger partial charge in [-0.2, -0.15) is 0 Å². The third kappa shape index (κ3) is 4.74. The van der Waals surface area contributed by atoms with Gasteiger partial charge in [0.05, 0.1) is 6.04 Å². The molecular formula is C25H22FN5O2S. The molecule has 2 N–H and O–H groups in total. The average Bonchev–Trinajstić information content (AvgIpc) is 3.25. The first-order chi connectivity index (χ1) is 16.6. The first kappa shape index (κ1) is 22.0. The summed E-state index contributed by atoms with van der Waals surface area (Å²) in [5, 5.41) is 11.5. The number of ether oxygens (including phenoxy) is 1. The lowest BCUT2D eigenvalue weighted by molar-refractivity contribution is -0.116. The zero-order valence-electron chi connectivity index (χ0n) is 18.3. The maximum atomic E-state index is 13.6. The van der Waals surface area contributed by atoms with Crippen LogP contribution in [0.1, 0.15) is 23.0 Å². The van der Waals surface area contributed by atoms with Crippen molar-refractivity contribution in [3.8, 4) is 5.75 Å². The quantitative estimate of drug-likeness (QED) is 0.421. The molecule has 2 atom stereocenters. The summed E-state index contributed by atoms with van der Waals surface area (Å²) < 4.78 is 21.2. The molecule has 0 saturated carbocycles. The molecule has 1 amide bonds. The Bertz CT molecular complexity index is 1300. The fourth-order valence-electron chi connectivity index (χ4n) is 3.71. The fraction of sp³-hybridized carbons (Fsp3) is 0.160. The molecule has 5 rings (SSSR count). The van der Waals surface area contributed by atoms with E-state index in [0.29, 0.717) is 22.4 Å². The molecule has 0 fully saturated rings. The molecule has 34 heavy (non-hydrogen) atoms. The zero-order valence-corrected chi connectivity index (χ0v) is 19.1. The van der Waals surface area contributed by atoms with Crippen molar-refractivity contribution in [3.05, 3.63) is 102 Å².